The van der Waals surface area contributed by atoms with Gasteiger partial charge in [-0.15, -0.1) is 0 Å². The summed E-state index contributed by atoms with van der Waals surface area (Å²) in [7, 11) is 0. The minimum Gasteiger partial charge on any atom is -0.379 e. The van der Waals surface area contributed by atoms with Crippen LogP contribution in [0.4, 0.5) is 4.79 Å². The van der Waals surface area contributed by atoms with Crippen molar-refractivity contribution in [3.8, 4) is 0 Å². The van der Waals surface area contributed by atoms with E-state index in [4.69, 9.17) is 9.47 Å². The molecule has 3 saturated heterocycles. The summed E-state index contributed by atoms with van der Waals surface area (Å²) in [5.74, 6) is -0.125. The van der Waals surface area contributed by atoms with Crippen molar-refractivity contribution in [2.45, 2.75) is 18.5 Å². The Hall–Kier alpha value is -1.14. The van der Waals surface area contributed by atoms with Crippen LogP contribution in [0.2, 0.25) is 0 Å². The summed E-state index contributed by atoms with van der Waals surface area (Å²) in [6, 6.07) is -0.652. The molecule has 3 rings (SSSR count). The number of hydrogen-bond donors (Lipinski definition) is 0. The predicted molar refractivity (Wildman–Crippen MR) is 52.8 cm³/mol. The average molecular weight is 226 g/mol. The Balaban J connectivity index is 1.83. The van der Waals surface area contributed by atoms with Crippen molar-refractivity contribution in [2.24, 2.45) is 0 Å². The molecule has 3 aliphatic rings. The van der Waals surface area contributed by atoms with E-state index in [2.05, 4.69) is 0 Å². The maximum Gasteiger partial charge on any atom is 0.327 e. The largest absolute Gasteiger partial charge is 0.379 e. The molecule has 0 aliphatic carbocycles. The molecule has 2 atom stereocenters. The van der Waals surface area contributed by atoms with E-state index in [0.29, 0.717) is 33.0 Å². The first kappa shape index (κ1) is 10.0. The standard InChI is InChI=1S/C10H14N2O4/c13-9-8-6-16-4-2-11(8)10(14)12(9)7-1-3-15-5-7/h7-8H,1-6H2. The van der Waals surface area contributed by atoms with Crippen molar-refractivity contribution in [3.63, 3.8) is 0 Å². The fraction of sp³-hybridized carbons (Fsp3) is 0.800. The molecule has 3 amide bonds. The van der Waals surface area contributed by atoms with E-state index < -0.39 is 6.04 Å². The quantitative estimate of drug-likeness (QED) is 0.562. The van der Waals surface area contributed by atoms with Crippen LogP contribution in [0.3, 0.4) is 0 Å². The van der Waals surface area contributed by atoms with Crippen molar-refractivity contribution in [3.05, 3.63) is 0 Å². The van der Waals surface area contributed by atoms with Crippen LogP contribution in [0.1, 0.15) is 6.42 Å². The van der Waals surface area contributed by atoms with Gasteiger partial charge in [0, 0.05) is 13.2 Å². The maximum absolute atomic E-state index is 12.1. The Morgan fingerprint density at radius 2 is 1.94 bits per heavy atom. The van der Waals surface area contributed by atoms with Gasteiger partial charge in [0.25, 0.3) is 5.91 Å². The molecule has 0 bridgehead atoms. The third kappa shape index (κ3) is 1.33. The number of fused-ring (bicyclic) bond motifs is 1. The van der Waals surface area contributed by atoms with Crippen molar-refractivity contribution in [1.82, 2.24) is 9.80 Å². The predicted octanol–water partition coefficient (Wildman–Crippen LogP) is -0.562. The molecule has 0 N–H and O–H groups in total. The first-order valence-corrected chi connectivity index (χ1v) is 5.58. The maximum atomic E-state index is 12.1. The van der Waals surface area contributed by atoms with Crippen molar-refractivity contribution in [2.75, 3.05) is 33.0 Å². The molecule has 0 spiro atoms. The fourth-order valence-corrected chi connectivity index (χ4v) is 2.49. The van der Waals surface area contributed by atoms with Gasteiger partial charge in [0.2, 0.25) is 0 Å². The molecule has 6 nitrogen and oxygen atoms in total. The average Bonchev–Trinajstić information content (AvgIpc) is 2.89. The van der Waals surface area contributed by atoms with Gasteiger partial charge >= 0.3 is 6.03 Å². The van der Waals surface area contributed by atoms with E-state index in [1.165, 1.54) is 4.90 Å². The number of carbonyl (C=O) groups excluding carboxylic acids is 2. The second-order valence-electron chi connectivity index (χ2n) is 4.29. The van der Waals surface area contributed by atoms with Crippen molar-refractivity contribution in [1.29, 1.82) is 0 Å². The van der Waals surface area contributed by atoms with Gasteiger partial charge in [0.05, 0.1) is 25.9 Å². The zero-order valence-corrected chi connectivity index (χ0v) is 8.92. The number of imide groups is 1. The normalized spacial score (nSPS) is 34.8. The third-order valence-corrected chi connectivity index (χ3v) is 3.37. The van der Waals surface area contributed by atoms with Crippen LogP contribution in [-0.2, 0) is 14.3 Å². The third-order valence-electron chi connectivity index (χ3n) is 3.37. The molecule has 0 radical (unpaired) electrons. The number of ether oxygens (including phenoxy) is 2. The zero-order chi connectivity index (χ0) is 11.1. The van der Waals surface area contributed by atoms with Gasteiger partial charge in [-0.3, -0.25) is 9.69 Å². The number of morpholine rings is 1. The molecule has 16 heavy (non-hydrogen) atoms. The lowest BCUT2D eigenvalue weighted by Crippen LogP contribution is -2.45. The van der Waals surface area contributed by atoms with Gasteiger partial charge in [-0.05, 0) is 6.42 Å². The number of amides is 3. The number of carbonyl (C=O) groups is 2. The first-order chi connectivity index (χ1) is 7.79. The molecular weight excluding hydrogens is 212 g/mol. The molecule has 0 aromatic rings. The van der Waals surface area contributed by atoms with Gasteiger partial charge in [0.15, 0.2) is 0 Å². The van der Waals surface area contributed by atoms with Crippen LogP contribution >= 0.6 is 0 Å². The molecule has 0 aromatic heterocycles. The number of rotatable bonds is 1. The molecular formula is C10H14N2O4. The Bertz CT molecular complexity index is 303. The minimum atomic E-state index is -0.401. The molecule has 0 aromatic carbocycles. The van der Waals surface area contributed by atoms with Crippen LogP contribution in [0.15, 0.2) is 0 Å². The van der Waals surface area contributed by atoms with Crippen LogP contribution in [0, 0.1) is 0 Å². The molecule has 2 unspecified atom stereocenters. The summed E-state index contributed by atoms with van der Waals surface area (Å²) in [5.41, 5.74) is 0. The highest BCUT2D eigenvalue weighted by Gasteiger charge is 2.49. The highest BCUT2D eigenvalue weighted by molar-refractivity contribution is 6.04. The van der Waals surface area contributed by atoms with Gasteiger partial charge in [-0.2, -0.15) is 0 Å². The summed E-state index contributed by atoms with van der Waals surface area (Å²) in [6.07, 6.45) is 0.749. The SMILES string of the molecule is O=C1C2COCCN2C(=O)N1C1CCOC1. The Morgan fingerprint density at radius 1 is 1.12 bits per heavy atom. The molecule has 6 heteroatoms. The molecule has 3 aliphatic heterocycles. The summed E-state index contributed by atoms with van der Waals surface area (Å²) >= 11 is 0. The second-order valence-corrected chi connectivity index (χ2v) is 4.29. The van der Waals surface area contributed by atoms with E-state index in [0.717, 1.165) is 6.42 Å². The number of urea groups is 1. The van der Waals surface area contributed by atoms with Gasteiger partial charge in [0.1, 0.15) is 6.04 Å². The Morgan fingerprint density at radius 3 is 2.62 bits per heavy atom. The smallest absolute Gasteiger partial charge is 0.327 e. The molecule has 88 valence electrons. The lowest BCUT2D eigenvalue weighted by molar-refractivity contribution is -0.132. The molecule has 0 saturated carbocycles. The number of nitrogens with zero attached hydrogens (tertiary/aromatic N) is 2. The lowest BCUT2D eigenvalue weighted by atomic mass is 10.2. The summed E-state index contributed by atoms with van der Waals surface area (Å²) in [4.78, 5) is 27.1. The number of hydrogen-bond acceptors (Lipinski definition) is 4. The highest BCUT2D eigenvalue weighted by atomic mass is 16.5. The second kappa shape index (κ2) is 3.71. The van der Waals surface area contributed by atoms with E-state index in [1.807, 2.05) is 0 Å². The zero-order valence-electron chi connectivity index (χ0n) is 8.92. The first-order valence-electron chi connectivity index (χ1n) is 5.58. The van der Waals surface area contributed by atoms with E-state index >= 15 is 0 Å². The topological polar surface area (TPSA) is 59.1 Å². The summed E-state index contributed by atoms with van der Waals surface area (Å²) in [6.45, 7) is 2.46. The Kier molecular flexibility index (Phi) is 2.33. The lowest BCUT2D eigenvalue weighted by Gasteiger charge is -2.26. The van der Waals surface area contributed by atoms with Crippen LogP contribution in [0.25, 0.3) is 0 Å². The Labute approximate surface area is 93.1 Å². The van der Waals surface area contributed by atoms with E-state index in [1.54, 1.807) is 4.90 Å². The molecule has 3 heterocycles. The van der Waals surface area contributed by atoms with Gasteiger partial charge in [-0.1, -0.05) is 0 Å². The van der Waals surface area contributed by atoms with Gasteiger partial charge in [-0.25, -0.2) is 4.79 Å². The van der Waals surface area contributed by atoms with Crippen LogP contribution < -0.4 is 0 Å². The van der Waals surface area contributed by atoms with E-state index in [-0.39, 0.29) is 18.0 Å². The highest BCUT2D eigenvalue weighted by Crippen LogP contribution is 2.25. The summed E-state index contributed by atoms with van der Waals surface area (Å²) in [5, 5.41) is 0. The fourth-order valence-electron chi connectivity index (χ4n) is 2.49. The molecule has 3 fully saturated rings. The van der Waals surface area contributed by atoms with Gasteiger partial charge < -0.3 is 14.4 Å². The van der Waals surface area contributed by atoms with Crippen LogP contribution in [0.5, 0.6) is 0 Å². The minimum absolute atomic E-state index is 0.0781. The van der Waals surface area contributed by atoms with Crippen LogP contribution in [-0.4, -0.2) is 66.8 Å². The van der Waals surface area contributed by atoms with Crippen molar-refractivity contribution >= 4 is 11.9 Å². The summed E-state index contributed by atoms with van der Waals surface area (Å²) < 4.78 is 10.5. The monoisotopic (exact) mass is 226 g/mol. The van der Waals surface area contributed by atoms with Crippen molar-refractivity contribution < 1.29 is 19.1 Å². The van der Waals surface area contributed by atoms with E-state index in [9.17, 15) is 9.59 Å².